The van der Waals surface area contributed by atoms with E-state index < -0.39 is 54.1 Å². The molecule has 2 heterocycles. The van der Waals surface area contributed by atoms with E-state index in [2.05, 4.69) is 0 Å². The predicted octanol–water partition coefficient (Wildman–Crippen LogP) is 3.75. The van der Waals surface area contributed by atoms with E-state index in [0.717, 1.165) is 12.1 Å². The number of carbonyl (C=O) groups is 1. The van der Waals surface area contributed by atoms with Gasteiger partial charge in [0.05, 0.1) is 5.56 Å². The molecule has 8 heteroatoms. The lowest BCUT2D eigenvalue weighted by Crippen LogP contribution is -2.36. The smallest absolute Gasteiger partial charge is 0.338 e. The number of halogens is 2. The highest BCUT2D eigenvalue weighted by Gasteiger charge is 2.58. The molecule has 6 nitrogen and oxygen atoms in total. The predicted molar refractivity (Wildman–Crippen MR) is 100 cm³/mol. The Morgan fingerprint density at radius 1 is 1.03 bits per heavy atom. The number of fused-ring (bicyclic) bond motifs is 1. The summed E-state index contributed by atoms with van der Waals surface area (Å²) in [4.78, 5) is 12.8. The Kier molecular flexibility index (Phi) is 5.59. The Bertz CT molecular complexity index is 919. The molecular weight excluding hydrogens is 398 g/mol. The highest BCUT2D eigenvalue weighted by atomic mass is 19.2. The van der Waals surface area contributed by atoms with Gasteiger partial charge in [0.2, 0.25) is 0 Å². The Morgan fingerprint density at radius 2 is 1.73 bits per heavy atom. The summed E-state index contributed by atoms with van der Waals surface area (Å²) < 4.78 is 56.4. The van der Waals surface area contributed by atoms with Crippen LogP contribution in [0.3, 0.4) is 0 Å². The van der Waals surface area contributed by atoms with Crippen LogP contribution in [0.15, 0.2) is 48.5 Å². The average molecular weight is 420 g/mol. The van der Waals surface area contributed by atoms with E-state index in [0.29, 0.717) is 5.56 Å². The van der Waals surface area contributed by atoms with Crippen LogP contribution in [0.5, 0.6) is 0 Å². The van der Waals surface area contributed by atoms with E-state index in [-0.39, 0.29) is 5.56 Å². The molecule has 0 unspecified atom stereocenters. The van der Waals surface area contributed by atoms with Crippen molar-refractivity contribution in [3.63, 3.8) is 0 Å². The molecule has 0 saturated carbocycles. The fraction of sp³-hybridized carbons (Fsp3) is 0.409. The summed E-state index contributed by atoms with van der Waals surface area (Å²) in [6, 6.07) is 11.7. The van der Waals surface area contributed by atoms with Crippen molar-refractivity contribution < 1.29 is 37.3 Å². The van der Waals surface area contributed by atoms with E-state index in [1.807, 2.05) is 0 Å². The zero-order chi connectivity index (χ0) is 21.5. The van der Waals surface area contributed by atoms with Crippen LogP contribution in [-0.2, 0) is 23.7 Å². The van der Waals surface area contributed by atoms with Gasteiger partial charge in [-0.3, -0.25) is 0 Å². The second-order valence-corrected chi connectivity index (χ2v) is 7.64. The third kappa shape index (κ3) is 3.96. The number of hydrogen-bond donors (Lipinski definition) is 0. The third-order valence-electron chi connectivity index (χ3n) is 5.09. The largest absolute Gasteiger partial charge is 0.451 e. The molecule has 5 atom stereocenters. The molecule has 2 aliphatic heterocycles. The van der Waals surface area contributed by atoms with Crippen molar-refractivity contribution in [3.8, 4) is 0 Å². The molecule has 2 aromatic rings. The molecule has 0 spiro atoms. The summed E-state index contributed by atoms with van der Waals surface area (Å²) in [5, 5.41) is 0. The van der Waals surface area contributed by atoms with Gasteiger partial charge in [0.25, 0.3) is 0 Å². The molecule has 0 N–H and O–H groups in total. The highest BCUT2D eigenvalue weighted by Crippen LogP contribution is 2.44. The van der Waals surface area contributed by atoms with Crippen LogP contribution in [0.25, 0.3) is 0 Å². The number of carbonyl (C=O) groups excluding carboxylic acids is 1. The summed E-state index contributed by atoms with van der Waals surface area (Å²) >= 11 is 0. The maximum absolute atomic E-state index is 14.0. The van der Waals surface area contributed by atoms with Crippen molar-refractivity contribution in [1.82, 2.24) is 0 Å². The molecule has 0 aliphatic carbocycles. The van der Waals surface area contributed by atoms with Gasteiger partial charge in [-0.15, -0.1) is 0 Å². The van der Waals surface area contributed by atoms with Gasteiger partial charge in [-0.1, -0.05) is 24.3 Å². The second kappa shape index (κ2) is 8.03. The van der Waals surface area contributed by atoms with Crippen molar-refractivity contribution in [3.05, 3.63) is 71.3 Å². The molecule has 2 aliphatic rings. The zero-order valence-electron chi connectivity index (χ0n) is 16.7. The van der Waals surface area contributed by atoms with Crippen molar-refractivity contribution in [1.29, 1.82) is 0 Å². The molecule has 160 valence electrons. The molecule has 2 aromatic carbocycles. The van der Waals surface area contributed by atoms with E-state index in [1.54, 1.807) is 44.2 Å². The van der Waals surface area contributed by atoms with E-state index in [4.69, 9.17) is 23.7 Å². The number of ether oxygens (including phenoxy) is 5. The SMILES string of the molecule is CO[C@@H]1O[C@H]([C@H](OC(=O)c2ccccc2)c2ccc(F)c(F)c2)[C@H]2OC(C)(C)O[C@@H]12. The summed E-state index contributed by atoms with van der Waals surface area (Å²) in [6.07, 6.45) is -3.94. The lowest BCUT2D eigenvalue weighted by atomic mass is 9.98. The van der Waals surface area contributed by atoms with Crippen molar-refractivity contribution >= 4 is 5.97 Å². The lowest BCUT2D eigenvalue weighted by molar-refractivity contribution is -0.237. The molecule has 0 aromatic heterocycles. The van der Waals surface area contributed by atoms with Crippen LogP contribution in [-0.4, -0.2) is 43.5 Å². The second-order valence-electron chi connectivity index (χ2n) is 7.64. The van der Waals surface area contributed by atoms with Gasteiger partial charge < -0.3 is 23.7 Å². The maximum atomic E-state index is 14.0. The van der Waals surface area contributed by atoms with Gasteiger partial charge in [0, 0.05) is 7.11 Å². The van der Waals surface area contributed by atoms with Gasteiger partial charge in [0.1, 0.15) is 18.3 Å². The van der Waals surface area contributed by atoms with Gasteiger partial charge in [-0.25, -0.2) is 13.6 Å². The number of methoxy groups -OCH3 is 1. The number of esters is 1. The number of rotatable bonds is 5. The van der Waals surface area contributed by atoms with E-state index in [1.165, 1.54) is 13.2 Å². The van der Waals surface area contributed by atoms with Crippen LogP contribution >= 0.6 is 0 Å². The molecule has 0 amide bonds. The van der Waals surface area contributed by atoms with E-state index in [9.17, 15) is 13.6 Å². The van der Waals surface area contributed by atoms with Crippen molar-refractivity contribution in [2.75, 3.05) is 7.11 Å². The molecule has 30 heavy (non-hydrogen) atoms. The summed E-state index contributed by atoms with van der Waals surface area (Å²) in [7, 11) is 1.46. The third-order valence-corrected chi connectivity index (χ3v) is 5.09. The zero-order valence-corrected chi connectivity index (χ0v) is 16.7. The first-order valence-corrected chi connectivity index (χ1v) is 9.54. The minimum atomic E-state index is -1.09. The van der Waals surface area contributed by atoms with Gasteiger partial charge in [-0.05, 0) is 43.7 Å². The first kappa shape index (κ1) is 20.9. The monoisotopic (exact) mass is 420 g/mol. The quantitative estimate of drug-likeness (QED) is 0.687. The van der Waals surface area contributed by atoms with Crippen LogP contribution in [0, 0.1) is 11.6 Å². The Balaban J connectivity index is 1.69. The first-order chi connectivity index (χ1) is 14.3. The summed E-state index contributed by atoms with van der Waals surface area (Å²) in [5.74, 6) is -3.61. The lowest BCUT2D eigenvalue weighted by Gasteiger charge is -2.29. The van der Waals surface area contributed by atoms with Gasteiger partial charge in [0.15, 0.2) is 29.8 Å². The average Bonchev–Trinajstić information content (AvgIpc) is 3.21. The molecular formula is C22H22F2O6. The highest BCUT2D eigenvalue weighted by molar-refractivity contribution is 5.89. The van der Waals surface area contributed by atoms with Gasteiger partial charge in [-0.2, -0.15) is 0 Å². The van der Waals surface area contributed by atoms with Crippen LogP contribution < -0.4 is 0 Å². The molecule has 0 bridgehead atoms. The topological polar surface area (TPSA) is 63.2 Å². The molecule has 2 saturated heterocycles. The first-order valence-electron chi connectivity index (χ1n) is 9.54. The summed E-state index contributed by atoms with van der Waals surface area (Å²) in [6.45, 7) is 3.50. The summed E-state index contributed by atoms with van der Waals surface area (Å²) in [5.41, 5.74) is 0.541. The maximum Gasteiger partial charge on any atom is 0.338 e. The van der Waals surface area contributed by atoms with Crippen molar-refractivity contribution in [2.45, 2.75) is 50.3 Å². The Hall–Kier alpha value is -2.39. The molecule has 0 radical (unpaired) electrons. The minimum Gasteiger partial charge on any atom is -0.451 e. The van der Waals surface area contributed by atoms with Gasteiger partial charge >= 0.3 is 5.97 Å². The number of hydrogen-bond acceptors (Lipinski definition) is 6. The Morgan fingerprint density at radius 3 is 2.40 bits per heavy atom. The minimum absolute atomic E-state index is 0.229. The normalized spacial score (nSPS) is 28.2. The van der Waals surface area contributed by atoms with Crippen LogP contribution in [0.2, 0.25) is 0 Å². The van der Waals surface area contributed by atoms with Crippen LogP contribution in [0.1, 0.15) is 35.9 Å². The fourth-order valence-electron chi connectivity index (χ4n) is 3.80. The number of benzene rings is 2. The Labute approximate surface area is 172 Å². The standard InChI is InChI=1S/C22H22F2O6/c1-22(2)29-18-17(28-21(26-3)19(18)30-22)16(13-9-10-14(23)15(24)11-13)27-20(25)12-7-5-4-6-8-12/h4-11,16-19,21H,1-3H3/t16-,17-,18-,19-,21-/m1/s1. The van der Waals surface area contributed by atoms with Crippen molar-refractivity contribution in [2.24, 2.45) is 0 Å². The van der Waals surface area contributed by atoms with E-state index >= 15 is 0 Å². The molecule has 2 fully saturated rings. The van der Waals surface area contributed by atoms with Crippen LogP contribution in [0.4, 0.5) is 8.78 Å². The fourth-order valence-corrected chi connectivity index (χ4v) is 3.80. The molecule has 4 rings (SSSR count).